The molecule has 3 fully saturated rings. The van der Waals surface area contributed by atoms with Crippen LogP contribution in [0, 0.1) is 11.3 Å². The Morgan fingerprint density at radius 3 is 2.43 bits per heavy atom. The first kappa shape index (κ1) is 37.8. The van der Waals surface area contributed by atoms with E-state index in [2.05, 4.69) is 26.9 Å². The number of nitrogens with zero attached hydrogens (tertiary/aromatic N) is 2. The number of ether oxygens (including phenoxy) is 3. The number of likely N-dealkylation sites (tertiary alicyclic amines) is 1. The lowest BCUT2D eigenvalue weighted by Gasteiger charge is -2.36. The number of hydrogen-bond donors (Lipinski definition) is 3. The molecule has 2 saturated carbocycles. The molecular weight excluding hydrogens is 678 g/mol. The van der Waals surface area contributed by atoms with Crippen LogP contribution in [0.1, 0.15) is 73.6 Å². The number of aromatic nitrogens is 1. The Bertz CT molecular complexity index is 1820. The maximum atomic E-state index is 14.5. The van der Waals surface area contributed by atoms with Crippen molar-refractivity contribution < 1.29 is 41.8 Å². The summed E-state index contributed by atoms with van der Waals surface area (Å²) in [6, 6.07) is 4.96. The fourth-order valence-corrected chi connectivity index (χ4v) is 7.55. The Morgan fingerprint density at radius 2 is 1.84 bits per heavy atom. The molecule has 2 aliphatic carbocycles. The minimum atomic E-state index is -3.90. The minimum Gasteiger partial charge on any atom is -0.497 e. The van der Waals surface area contributed by atoms with E-state index in [1.54, 1.807) is 54.0 Å². The molecule has 1 unspecified atom stereocenters. The Morgan fingerprint density at radius 1 is 1.14 bits per heavy atom. The van der Waals surface area contributed by atoms with Gasteiger partial charge in [0.2, 0.25) is 27.7 Å². The van der Waals surface area contributed by atoms with E-state index in [4.69, 9.17) is 14.2 Å². The number of hydrogen-bond acceptors (Lipinski definition) is 10. The predicted molar refractivity (Wildman–Crippen MR) is 189 cm³/mol. The summed E-state index contributed by atoms with van der Waals surface area (Å²) in [7, 11) is -2.33. The Kier molecular flexibility index (Phi) is 10.4. The highest BCUT2D eigenvalue weighted by Gasteiger charge is 2.62. The van der Waals surface area contributed by atoms with Gasteiger partial charge in [0.15, 0.2) is 0 Å². The van der Waals surface area contributed by atoms with E-state index in [1.807, 2.05) is 25.1 Å². The van der Waals surface area contributed by atoms with Crippen molar-refractivity contribution in [2.75, 3.05) is 13.7 Å². The van der Waals surface area contributed by atoms with Crippen molar-refractivity contribution >= 4 is 44.6 Å². The van der Waals surface area contributed by atoms with Gasteiger partial charge in [-0.15, -0.1) is 6.58 Å². The van der Waals surface area contributed by atoms with Crippen molar-refractivity contribution in [1.29, 1.82) is 0 Å². The van der Waals surface area contributed by atoms with Crippen molar-refractivity contribution in [3.63, 3.8) is 0 Å². The van der Waals surface area contributed by atoms with Gasteiger partial charge in [-0.2, -0.15) is 0 Å². The van der Waals surface area contributed by atoms with Crippen LogP contribution in [0.2, 0.25) is 0 Å². The molecule has 1 aromatic carbocycles. The first-order valence-electron chi connectivity index (χ1n) is 17.2. The summed E-state index contributed by atoms with van der Waals surface area (Å²) in [6.07, 6.45) is 3.21. The number of amides is 4. The summed E-state index contributed by atoms with van der Waals surface area (Å²) in [5.74, 6) is -1.65. The molecule has 278 valence electrons. The van der Waals surface area contributed by atoms with E-state index in [0.29, 0.717) is 36.3 Å². The van der Waals surface area contributed by atoms with Crippen LogP contribution in [0.4, 0.5) is 4.79 Å². The van der Waals surface area contributed by atoms with Gasteiger partial charge in [-0.1, -0.05) is 33.8 Å². The third-order valence-corrected chi connectivity index (χ3v) is 11.7. The summed E-state index contributed by atoms with van der Waals surface area (Å²) < 4.78 is 44.8. The quantitative estimate of drug-likeness (QED) is 0.258. The van der Waals surface area contributed by atoms with Crippen LogP contribution in [0.15, 0.2) is 43.1 Å². The van der Waals surface area contributed by atoms with Crippen molar-refractivity contribution in [3.05, 3.63) is 43.1 Å². The second kappa shape index (κ2) is 14.0. The first-order chi connectivity index (χ1) is 23.8. The van der Waals surface area contributed by atoms with E-state index in [9.17, 15) is 27.6 Å². The van der Waals surface area contributed by atoms with Gasteiger partial charge >= 0.3 is 6.09 Å². The third-order valence-electron chi connectivity index (χ3n) is 9.91. The van der Waals surface area contributed by atoms with Gasteiger partial charge in [-0.25, -0.2) is 18.2 Å². The third kappa shape index (κ3) is 8.23. The van der Waals surface area contributed by atoms with Crippen LogP contribution in [-0.2, 0) is 29.1 Å². The zero-order valence-corrected chi connectivity index (χ0v) is 31.1. The molecule has 4 amide bonds. The number of rotatable bonds is 13. The molecule has 51 heavy (non-hydrogen) atoms. The number of carbonyl (C=O) groups excluding carboxylic acids is 4. The summed E-state index contributed by atoms with van der Waals surface area (Å²) in [5.41, 5.74) is -3.15. The zero-order chi connectivity index (χ0) is 37.5. The van der Waals surface area contributed by atoms with Crippen LogP contribution in [0.3, 0.4) is 0 Å². The summed E-state index contributed by atoms with van der Waals surface area (Å²) >= 11 is 0. The average Bonchev–Trinajstić information content (AvgIpc) is 3.99. The van der Waals surface area contributed by atoms with E-state index in [0.717, 1.165) is 5.39 Å². The highest BCUT2D eigenvalue weighted by molar-refractivity contribution is 7.91. The largest absolute Gasteiger partial charge is 0.497 e. The van der Waals surface area contributed by atoms with E-state index in [-0.39, 0.29) is 19.4 Å². The van der Waals surface area contributed by atoms with Crippen molar-refractivity contribution in [1.82, 2.24) is 25.2 Å². The molecule has 0 radical (unpaired) electrons. The van der Waals surface area contributed by atoms with Gasteiger partial charge in [0.25, 0.3) is 5.91 Å². The number of pyridine rings is 1. The number of benzene rings is 1. The smallest absolute Gasteiger partial charge is 0.408 e. The number of fused-ring (bicyclic) bond motifs is 1. The van der Waals surface area contributed by atoms with Crippen LogP contribution < -0.4 is 24.8 Å². The van der Waals surface area contributed by atoms with Gasteiger partial charge in [0.05, 0.1) is 18.9 Å². The monoisotopic (exact) mass is 727 g/mol. The van der Waals surface area contributed by atoms with E-state index >= 15 is 0 Å². The molecule has 1 saturated heterocycles. The lowest BCUT2D eigenvalue weighted by molar-refractivity contribution is -0.143. The zero-order valence-electron chi connectivity index (χ0n) is 30.3. The van der Waals surface area contributed by atoms with Crippen LogP contribution in [0.25, 0.3) is 10.8 Å². The van der Waals surface area contributed by atoms with Crippen LogP contribution in [0.5, 0.6) is 11.6 Å². The SMILES string of the molecule is C=C[C@@H]1C[C@]1(NC(=O)[C@@H]1CC(Oc2nccc3cc(OC)ccc23)CN1C(=O)[C@@H](NC(=O)OC(C)(C)CC)C(C)(C)C)C(=O)NS(=O)(=O)C1CC1. The van der Waals surface area contributed by atoms with Crippen molar-refractivity contribution in [3.8, 4) is 11.6 Å². The van der Waals surface area contributed by atoms with Crippen LogP contribution >= 0.6 is 0 Å². The molecule has 2 heterocycles. The molecule has 5 atom stereocenters. The van der Waals surface area contributed by atoms with Crippen molar-refractivity contribution in [2.45, 2.75) is 108 Å². The maximum Gasteiger partial charge on any atom is 0.408 e. The number of nitrogens with one attached hydrogen (secondary N) is 3. The average molecular weight is 728 g/mol. The maximum absolute atomic E-state index is 14.5. The highest BCUT2D eigenvalue weighted by atomic mass is 32.2. The number of sulfonamides is 1. The molecule has 0 bridgehead atoms. The highest BCUT2D eigenvalue weighted by Crippen LogP contribution is 2.45. The minimum absolute atomic E-state index is 0.0206. The van der Waals surface area contributed by atoms with Gasteiger partial charge in [0.1, 0.15) is 35.1 Å². The molecule has 3 N–H and O–H groups in total. The summed E-state index contributed by atoms with van der Waals surface area (Å²) in [5, 5.41) is 6.37. The van der Waals surface area contributed by atoms with Crippen LogP contribution in [-0.4, -0.2) is 90.3 Å². The van der Waals surface area contributed by atoms with E-state index < -0.39 is 79.7 Å². The number of methoxy groups -OCH3 is 1. The first-order valence-corrected chi connectivity index (χ1v) is 18.8. The van der Waals surface area contributed by atoms with Gasteiger partial charge < -0.3 is 29.7 Å². The normalized spacial score (nSPS) is 23.9. The Labute approximate surface area is 299 Å². The number of alkyl carbamates (subject to hydrolysis) is 1. The van der Waals surface area contributed by atoms with Gasteiger partial charge in [0, 0.05) is 23.9 Å². The fraction of sp³-hybridized carbons (Fsp3) is 0.583. The Balaban J connectivity index is 1.44. The topological polar surface area (TPSA) is 182 Å². The molecule has 15 heteroatoms. The second-order valence-corrected chi connectivity index (χ2v) is 17.3. The molecule has 1 aromatic heterocycles. The fourth-order valence-electron chi connectivity index (χ4n) is 6.19. The second-order valence-electron chi connectivity index (χ2n) is 15.3. The summed E-state index contributed by atoms with van der Waals surface area (Å²) in [6.45, 7) is 14.5. The molecular formula is C36H49N5O9S. The lowest BCUT2D eigenvalue weighted by atomic mass is 9.85. The molecule has 2 aromatic rings. The molecule has 5 rings (SSSR count). The number of carbonyl (C=O) groups is 4. The predicted octanol–water partition coefficient (Wildman–Crippen LogP) is 3.59. The van der Waals surface area contributed by atoms with Crippen molar-refractivity contribution in [2.24, 2.45) is 11.3 Å². The molecule has 0 spiro atoms. The molecule has 14 nitrogen and oxygen atoms in total. The van der Waals surface area contributed by atoms with Gasteiger partial charge in [-0.3, -0.25) is 19.1 Å². The van der Waals surface area contributed by atoms with Gasteiger partial charge in [-0.05, 0) is 74.6 Å². The Hall–Kier alpha value is -4.40. The summed E-state index contributed by atoms with van der Waals surface area (Å²) in [4.78, 5) is 61.0. The lowest BCUT2D eigenvalue weighted by Crippen LogP contribution is -2.60. The molecule has 3 aliphatic rings. The molecule has 1 aliphatic heterocycles. The van der Waals surface area contributed by atoms with E-state index in [1.165, 1.54) is 11.0 Å². The standard InChI is InChI=1S/C36H49N5O9S/c1-9-22-19-36(22,32(44)40-51(46,47)25-12-13-25)39-29(42)27-18-24(49-30-26-14-11-23(48-8)17-21(26)15-16-37-30)20-41(27)31(43)28(34(3,4)5)38-33(45)50-35(6,7)10-2/h9,11,14-17,22,24-25,27-28H,1,10,12-13,18-20H2,2-8H3,(H,38,45)(H,39,42)(H,40,44)/t22-,24?,27+,28-,36-/m1/s1.